The van der Waals surface area contributed by atoms with Crippen LogP contribution in [0.4, 0.5) is 0 Å². The minimum absolute atomic E-state index is 0.130. The van der Waals surface area contributed by atoms with Gasteiger partial charge in [-0.1, -0.05) is 0 Å². The van der Waals surface area contributed by atoms with E-state index in [0.717, 1.165) is 29.1 Å². The van der Waals surface area contributed by atoms with Crippen LogP contribution in [0.1, 0.15) is 20.8 Å². The van der Waals surface area contributed by atoms with Crippen LogP contribution in [0.3, 0.4) is 0 Å². The zero-order valence-corrected chi connectivity index (χ0v) is 29.0. The van der Waals surface area contributed by atoms with Gasteiger partial charge in [-0.15, -0.1) is 40.9 Å². The second-order valence-corrected chi connectivity index (χ2v) is 8.60. The second-order valence-electron chi connectivity index (χ2n) is 7.70. The number of hydrogen-bond acceptors (Lipinski definition) is 18. The lowest BCUT2D eigenvalue weighted by Crippen LogP contribution is -2.43. The van der Waals surface area contributed by atoms with Crippen molar-refractivity contribution in [3.63, 3.8) is 0 Å². The van der Waals surface area contributed by atoms with Crippen molar-refractivity contribution in [2.45, 2.75) is 20.8 Å². The van der Waals surface area contributed by atoms with Crippen molar-refractivity contribution in [1.82, 2.24) is 40.9 Å². The molecule has 0 aliphatic rings. The van der Waals surface area contributed by atoms with Crippen LogP contribution in [-0.4, -0.2) is 163 Å². The molecule has 0 radical (unpaired) electrons. The normalized spacial score (nSPS) is 8.90. The van der Waals surface area contributed by atoms with Crippen molar-refractivity contribution in [3.05, 3.63) is 80.9 Å². The third kappa shape index (κ3) is 48.0. The fourth-order valence-corrected chi connectivity index (χ4v) is 1.68. The Hall–Kier alpha value is -6.53. The molecular formula is C14H40N16O20S. The van der Waals surface area contributed by atoms with Crippen LogP contribution in [0.5, 0.6) is 0 Å². The van der Waals surface area contributed by atoms with E-state index in [1.54, 1.807) is 31.6 Å². The van der Waals surface area contributed by atoms with Gasteiger partial charge in [-0.05, 0) is 20.8 Å². The lowest BCUT2D eigenvalue weighted by atomic mass is 10.6. The van der Waals surface area contributed by atoms with Gasteiger partial charge in [0.1, 0.15) is 0 Å². The van der Waals surface area contributed by atoms with Gasteiger partial charge in [0.25, 0.3) is 0 Å². The van der Waals surface area contributed by atoms with Gasteiger partial charge in [0.2, 0.25) is 20.0 Å². The summed E-state index contributed by atoms with van der Waals surface area (Å²) < 4.78 is 31.6. The summed E-state index contributed by atoms with van der Waals surface area (Å²) in [5.41, 5.74) is 3.50. The van der Waals surface area contributed by atoms with E-state index in [-0.39, 0.29) is 39.6 Å². The van der Waals surface area contributed by atoms with Gasteiger partial charge in [0.15, 0.2) is 40.3 Å². The van der Waals surface area contributed by atoms with E-state index in [2.05, 4.69) is 0 Å². The molecule has 4 N–H and O–H groups in total. The van der Waals surface area contributed by atoms with Crippen molar-refractivity contribution < 1.29 is 57.8 Å². The summed E-state index contributed by atoms with van der Waals surface area (Å²) >= 11 is 0. The molecule has 37 heteroatoms. The topological polar surface area (TPSA) is 463 Å². The maximum absolute atomic E-state index is 10.3. The summed E-state index contributed by atoms with van der Waals surface area (Å²) in [5, 5.41) is 77.6. The lowest BCUT2D eigenvalue weighted by Gasteiger charge is -2.16. The molecule has 0 rings (SSSR count). The van der Waals surface area contributed by atoms with Crippen LogP contribution in [0, 0.1) is 80.9 Å². The Morgan fingerprint density at radius 3 is 0.784 bits per heavy atom. The highest BCUT2D eigenvalue weighted by atomic mass is 32.3. The summed E-state index contributed by atoms with van der Waals surface area (Å²) in [6, 6.07) is 0. The smallest absolute Gasteiger partial charge is 0.264 e. The molecule has 302 valence electrons. The molecule has 0 bridgehead atoms. The molecular weight excluding hydrogens is 744 g/mol. The highest BCUT2D eigenvalue weighted by Crippen LogP contribution is 1.94. The zero-order valence-electron chi connectivity index (χ0n) is 28.2. The summed E-state index contributed by atoms with van der Waals surface area (Å²) in [7, 11) is 1.31. The first-order valence-corrected chi connectivity index (χ1v) is 14.0. The minimum atomic E-state index is -4.67. The molecule has 0 saturated heterocycles. The van der Waals surface area contributed by atoms with Crippen LogP contribution >= 0.6 is 0 Å². The van der Waals surface area contributed by atoms with Gasteiger partial charge in [0, 0.05) is 0 Å². The third-order valence-electron chi connectivity index (χ3n) is 4.09. The molecule has 0 spiro atoms. The Bertz CT molecular complexity index is 1120. The van der Waals surface area contributed by atoms with Crippen molar-refractivity contribution in [3.8, 4) is 0 Å². The van der Waals surface area contributed by atoms with Crippen molar-refractivity contribution in [1.29, 1.82) is 0 Å². The Labute approximate surface area is 286 Å². The SMILES string of the molecule is CCN(CN(C)[N+](=O)[O-])[N+](=O)[O-].CCN(CN(CC)[N+](=O)[O-])[N+](=O)[O-].CN(CN(C)[N+](=O)[O-])[N+](=O)[O-].CN[N+](=O)[O-].CN[N+](=O)[O-].O=S(=O)(O)O. The molecule has 0 saturated carbocycles. The number of hydrazine groups is 8. The van der Waals surface area contributed by atoms with E-state index in [1.807, 2.05) is 0 Å². The van der Waals surface area contributed by atoms with Crippen molar-refractivity contribution >= 4 is 10.4 Å². The maximum Gasteiger partial charge on any atom is 0.394 e. The van der Waals surface area contributed by atoms with Crippen molar-refractivity contribution in [2.24, 2.45) is 0 Å². The zero-order chi connectivity index (χ0) is 42.2. The highest BCUT2D eigenvalue weighted by molar-refractivity contribution is 7.79. The van der Waals surface area contributed by atoms with E-state index < -0.39 is 50.7 Å². The first-order valence-electron chi connectivity index (χ1n) is 12.6. The standard InChI is InChI=1S/C5H12N4O4.C4H10N4O4.C3H8N4O4.2CH4N2O2.H2O4S/c1-3-6(8(10)11)5-7(4-2)9(12)13;1-3-6(8(11)12)4-5(2)7(9)10;1-4(6(8)9)3-5(2)7(10)11;2*1-2-3(4)5;1-5(2,3)4/h3-5H2,1-2H3;3-4H2,1-2H3;3H2,1-2H3;2*2H,1H3;(H2,1,2,3,4). The van der Waals surface area contributed by atoms with Gasteiger partial charge < -0.3 is 0 Å². The largest absolute Gasteiger partial charge is 0.394 e. The summed E-state index contributed by atoms with van der Waals surface area (Å²) in [4.78, 5) is 78.8. The third-order valence-corrected chi connectivity index (χ3v) is 4.09. The fraction of sp³-hybridized carbons (Fsp3) is 1.00. The quantitative estimate of drug-likeness (QED) is 0.0490. The number of hydrogen-bond donors (Lipinski definition) is 4. The van der Waals surface area contributed by atoms with Crippen LogP contribution in [-0.2, 0) is 10.4 Å². The highest BCUT2D eigenvalue weighted by Gasteiger charge is 2.21. The van der Waals surface area contributed by atoms with Gasteiger partial charge >= 0.3 is 10.4 Å². The maximum atomic E-state index is 10.3. The summed E-state index contributed by atoms with van der Waals surface area (Å²) in [6.07, 6.45) is 0. The second kappa shape index (κ2) is 32.0. The van der Waals surface area contributed by atoms with Crippen LogP contribution in [0.2, 0.25) is 0 Å². The van der Waals surface area contributed by atoms with Crippen LogP contribution < -0.4 is 10.9 Å². The van der Waals surface area contributed by atoms with Gasteiger partial charge in [0.05, 0.1) is 54.9 Å². The van der Waals surface area contributed by atoms with Gasteiger partial charge in [-0.2, -0.15) is 8.42 Å². The Morgan fingerprint density at radius 1 is 0.471 bits per heavy atom. The number of nitrogens with one attached hydrogen (secondary N) is 2. The number of nitrogens with zero attached hydrogens (tertiary/aromatic N) is 14. The van der Waals surface area contributed by atoms with Crippen LogP contribution in [0.15, 0.2) is 0 Å². The predicted octanol–water partition coefficient (Wildman–Crippen LogP) is -3.11. The average molecular weight is 785 g/mol. The molecule has 0 fully saturated rings. The number of nitro groups is 8. The number of rotatable bonds is 17. The minimum Gasteiger partial charge on any atom is -0.264 e. The molecule has 0 aliphatic carbocycles. The van der Waals surface area contributed by atoms with E-state index in [1.165, 1.54) is 21.1 Å². The summed E-state index contributed by atoms with van der Waals surface area (Å²) in [6.45, 7) is 4.12. The van der Waals surface area contributed by atoms with E-state index >= 15 is 0 Å². The van der Waals surface area contributed by atoms with E-state index in [0.29, 0.717) is 15.0 Å². The van der Waals surface area contributed by atoms with Crippen LogP contribution in [0.25, 0.3) is 0 Å². The lowest BCUT2D eigenvalue weighted by molar-refractivity contribution is -0.710. The monoisotopic (exact) mass is 784 g/mol. The molecule has 0 heterocycles. The van der Waals surface area contributed by atoms with Crippen molar-refractivity contribution in [2.75, 3.05) is 74.9 Å². The molecule has 0 unspecified atom stereocenters. The molecule has 0 atom stereocenters. The van der Waals surface area contributed by atoms with E-state index in [9.17, 15) is 60.7 Å². The predicted molar refractivity (Wildman–Crippen MR) is 163 cm³/mol. The Balaban J connectivity index is -0.000000125. The molecule has 51 heavy (non-hydrogen) atoms. The first-order chi connectivity index (χ1) is 23.0. The molecule has 36 nitrogen and oxygen atoms in total. The molecule has 0 aliphatic heterocycles. The Morgan fingerprint density at radius 2 is 0.647 bits per heavy atom. The Kier molecular flexibility index (Phi) is 35.7. The molecule has 0 aromatic heterocycles. The summed E-state index contributed by atoms with van der Waals surface area (Å²) in [5.74, 6) is 0. The van der Waals surface area contributed by atoms with Gasteiger partial charge in [-0.25, -0.2) is 80.9 Å². The average Bonchev–Trinajstić information content (AvgIpc) is 2.99. The molecule has 0 amide bonds. The molecule has 0 aromatic carbocycles. The fourth-order valence-electron chi connectivity index (χ4n) is 1.68. The van der Waals surface area contributed by atoms with Gasteiger partial charge in [-0.3, -0.25) is 9.11 Å². The van der Waals surface area contributed by atoms with E-state index in [4.69, 9.17) is 37.8 Å². The molecule has 0 aromatic rings. The first kappa shape index (κ1) is 56.8.